The zero-order valence-electron chi connectivity index (χ0n) is 12.1. The van der Waals surface area contributed by atoms with E-state index in [1.54, 1.807) is 0 Å². The number of likely N-dealkylation sites (tertiary alicyclic amines) is 1. The van der Waals surface area contributed by atoms with Crippen molar-refractivity contribution in [3.05, 3.63) is 29.3 Å². The summed E-state index contributed by atoms with van der Waals surface area (Å²) in [5.74, 6) is 1.01. The first kappa shape index (κ1) is 14.4. The summed E-state index contributed by atoms with van der Waals surface area (Å²) in [5.41, 5.74) is 2.44. The summed E-state index contributed by atoms with van der Waals surface area (Å²) in [5, 5.41) is 9.45. The van der Waals surface area contributed by atoms with Crippen LogP contribution >= 0.6 is 0 Å². The fourth-order valence-corrected chi connectivity index (χ4v) is 2.48. The molecule has 19 heavy (non-hydrogen) atoms. The number of hydrogen-bond donors (Lipinski definition) is 1. The van der Waals surface area contributed by atoms with Gasteiger partial charge in [0.05, 0.1) is 12.7 Å². The van der Waals surface area contributed by atoms with Crippen molar-refractivity contribution in [2.45, 2.75) is 39.2 Å². The number of ether oxygens (including phenoxy) is 1. The Morgan fingerprint density at radius 1 is 1.26 bits per heavy atom. The van der Waals surface area contributed by atoms with Crippen LogP contribution in [-0.2, 0) is 0 Å². The zero-order valence-corrected chi connectivity index (χ0v) is 12.1. The van der Waals surface area contributed by atoms with Crippen LogP contribution in [0.3, 0.4) is 0 Å². The second kappa shape index (κ2) is 6.92. The number of aryl methyl sites for hydroxylation is 2. The minimum absolute atomic E-state index is 0.0811. The molecule has 0 unspecified atom stereocenters. The maximum absolute atomic E-state index is 9.45. The molecule has 3 nitrogen and oxygen atoms in total. The minimum Gasteiger partial charge on any atom is -0.493 e. The molecule has 1 fully saturated rings. The summed E-state index contributed by atoms with van der Waals surface area (Å²) < 4.78 is 5.85. The fraction of sp³-hybridized carbons (Fsp3) is 0.625. The lowest BCUT2D eigenvalue weighted by Gasteiger charge is -2.29. The maximum atomic E-state index is 9.45. The van der Waals surface area contributed by atoms with E-state index in [9.17, 15) is 5.11 Å². The van der Waals surface area contributed by atoms with E-state index in [0.29, 0.717) is 0 Å². The first-order valence-corrected chi connectivity index (χ1v) is 7.25. The van der Waals surface area contributed by atoms with Gasteiger partial charge in [0.25, 0.3) is 0 Å². The van der Waals surface area contributed by atoms with Gasteiger partial charge in [-0.25, -0.2) is 0 Å². The second-order valence-corrected chi connectivity index (χ2v) is 5.54. The Labute approximate surface area is 116 Å². The van der Waals surface area contributed by atoms with E-state index < -0.39 is 0 Å². The third-order valence-electron chi connectivity index (χ3n) is 3.78. The van der Waals surface area contributed by atoms with Crippen molar-refractivity contribution < 1.29 is 9.84 Å². The highest BCUT2D eigenvalue weighted by Crippen LogP contribution is 2.19. The molecule has 0 bridgehead atoms. The summed E-state index contributed by atoms with van der Waals surface area (Å²) >= 11 is 0. The Morgan fingerprint density at radius 2 is 2.00 bits per heavy atom. The Morgan fingerprint density at radius 3 is 2.74 bits per heavy atom. The number of aliphatic hydroxyl groups excluding tert-OH is 1. The van der Waals surface area contributed by atoms with Crippen molar-refractivity contribution in [1.29, 1.82) is 0 Å². The summed E-state index contributed by atoms with van der Waals surface area (Å²) in [6.07, 6.45) is 2.79. The van der Waals surface area contributed by atoms with E-state index in [1.807, 2.05) is 0 Å². The highest BCUT2D eigenvalue weighted by molar-refractivity contribution is 5.35. The molecule has 0 aliphatic carbocycles. The smallest absolute Gasteiger partial charge is 0.122 e. The molecule has 0 amide bonds. The van der Waals surface area contributed by atoms with Gasteiger partial charge in [0.15, 0.2) is 0 Å². The Kier molecular flexibility index (Phi) is 5.23. The minimum atomic E-state index is -0.0811. The predicted molar refractivity (Wildman–Crippen MR) is 77.7 cm³/mol. The molecule has 0 spiro atoms. The molecule has 1 heterocycles. The SMILES string of the molecule is Cc1ccc(C)c(OCCCN2CCC(O)CC2)c1. The Hall–Kier alpha value is -1.06. The van der Waals surface area contributed by atoms with Crippen molar-refractivity contribution in [1.82, 2.24) is 4.90 Å². The molecule has 0 saturated carbocycles. The highest BCUT2D eigenvalue weighted by Gasteiger charge is 2.16. The molecule has 1 aliphatic heterocycles. The lowest BCUT2D eigenvalue weighted by molar-refractivity contribution is 0.0800. The van der Waals surface area contributed by atoms with Crippen molar-refractivity contribution in [2.24, 2.45) is 0 Å². The average molecular weight is 263 g/mol. The number of hydrogen-bond acceptors (Lipinski definition) is 3. The third kappa shape index (κ3) is 4.51. The number of piperidine rings is 1. The van der Waals surface area contributed by atoms with Crippen LogP contribution in [0.15, 0.2) is 18.2 Å². The van der Waals surface area contributed by atoms with E-state index >= 15 is 0 Å². The molecule has 1 N–H and O–H groups in total. The molecule has 0 aromatic heterocycles. The first-order valence-electron chi connectivity index (χ1n) is 7.25. The quantitative estimate of drug-likeness (QED) is 0.829. The van der Waals surface area contributed by atoms with Crippen molar-refractivity contribution in [3.63, 3.8) is 0 Å². The molecular weight excluding hydrogens is 238 g/mol. The van der Waals surface area contributed by atoms with Crippen molar-refractivity contribution in [2.75, 3.05) is 26.2 Å². The average Bonchev–Trinajstić information content (AvgIpc) is 2.40. The number of nitrogens with zero attached hydrogens (tertiary/aromatic N) is 1. The molecule has 0 radical (unpaired) electrons. The van der Waals surface area contributed by atoms with Crippen molar-refractivity contribution >= 4 is 0 Å². The summed E-state index contributed by atoms with van der Waals surface area (Å²) in [6.45, 7) is 8.04. The number of benzene rings is 1. The van der Waals surface area contributed by atoms with Gasteiger partial charge in [-0.1, -0.05) is 12.1 Å². The van der Waals surface area contributed by atoms with Gasteiger partial charge in [-0.2, -0.15) is 0 Å². The molecule has 106 valence electrons. The van der Waals surface area contributed by atoms with Gasteiger partial charge in [-0.15, -0.1) is 0 Å². The first-order chi connectivity index (χ1) is 9.15. The summed E-state index contributed by atoms with van der Waals surface area (Å²) in [6, 6.07) is 6.32. The lowest BCUT2D eigenvalue weighted by atomic mass is 10.1. The van der Waals surface area contributed by atoms with E-state index in [-0.39, 0.29) is 6.10 Å². The molecule has 2 rings (SSSR count). The topological polar surface area (TPSA) is 32.7 Å². The van der Waals surface area contributed by atoms with E-state index in [4.69, 9.17) is 4.74 Å². The normalized spacial score (nSPS) is 17.6. The predicted octanol–water partition coefficient (Wildman–Crippen LogP) is 2.53. The van der Waals surface area contributed by atoms with Crippen LogP contribution in [0, 0.1) is 13.8 Å². The number of aliphatic hydroxyl groups is 1. The van der Waals surface area contributed by atoms with Gasteiger partial charge in [0.1, 0.15) is 5.75 Å². The second-order valence-electron chi connectivity index (χ2n) is 5.54. The Bertz CT molecular complexity index is 398. The third-order valence-corrected chi connectivity index (χ3v) is 3.78. The molecule has 1 aromatic carbocycles. The maximum Gasteiger partial charge on any atom is 0.122 e. The van der Waals surface area contributed by atoms with E-state index in [2.05, 4.69) is 36.9 Å². The van der Waals surface area contributed by atoms with E-state index in [1.165, 1.54) is 11.1 Å². The van der Waals surface area contributed by atoms with Gasteiger partial charge in [0.2, 0.25) is 0 Å². The lowest BCUT2D eigenvalue weighted by Crippen LogP contribution is -2.36. The van der Waals surface area contributed by atoms with Gasteiger partial charge in [0, 0.05) is 19.6 Å². The van der Waals surface area contributed by atoms with Crippen LogP contribution in [0.1, 0.15) is 30.4 Å². The largest absolute Gasteiger partial charge is 0.493 e. The van der Waals surface area contributed by atoms with Crippen LogP contribution < -0.4 is 4.74 Å². The fourth-order valence-electron chi connectivity index (χ4n) is 2.48. The molecular formula is C16H25NO2. The van der Waals surface area contributed by atoms with Crippen LogP contribution in [0.4, 0.5) is 0 Å². The number of rotatable bonds is 5. The standard InChI is InChI=1S/C16H25NO2/c1-13-4-5-14(2)16(12-13)19-11-3-8-17-9-6-15(18)7-10-17/h4-5,12,15,18H,3,6-11H2,1-2H3. The van der Waals surface area contributed by atoms with E-state index in [0.717, 1.165) is 51.3 Å². The monoisotopic (exact) mass is 263 g/mol. The highest BCUT2D eigenvalue weighted by atomic mass is 16.5. The van der Waals surface area contributed by atoms with Crippen LogP contribution in [-0.4, -0.2) is 42.4 Å². The van der Waals surface area contributed by atoms with Crippen LogP contribution in [0.2, 0.25) is 0 Å². The van der Waals surface area contributed by atoms with Gasteiger partial charge in [-0.3, -0.25) is 0 Å². The summed E-state index contributed by atoms with van der Waals surface area (Å²) in [4.78, 5) is 2.42. The van der Waals surface area contributed by atoms with Gasteiger partial charge < -0.3 is 14.7 Å². The van der Waals surface area contributed by atoms with Crippen LogP contribution in [0.5, 0.6) is 5.75 Å². The van der Waals surface area contributed by atoms with Crippen LogP contribution in [0.25, 0.3) is 0 Å². The molecule has 1 saturated heterocycles. The molecule has 0 atom stereocenters. The summed E-state index contributed by atoms with van der Waals surface area (Å²) in [7, 11) is 0. The zero-order chi connectivity index (χ0) is 13.7. The molecule has 1 aromatic rings. The molecule has 1 aliphatic rings. The van der Waals surface area contributed by atoms with Gasteiger partial charge >= 0.3 is 0 Å². The molecule has 3 heteroatoms. The van der Waals surface area contributed by atoms with Gasteiger partial charge in [-0.05, 0) is 50.3 Å². The van der Waals surface area contributed by atoms with Crippen molar-refractivity contribution in [3.8, 4) is 5.75 Å². The Balaban J connectivity index is 1.68.